The minimum absolute atomic E-state index is 0.0422. The Kier molecular flexibility index (Phi) is 9.05. The van der Waals surface area contributed by atoms with Gasteiger partial charge in [0.15, 0.2) is 0 Å². The van der Waals surface area contributed by atoms with Crippen LogP contribution in [0, 0.1) is 11.3 Å². The van der Waals surface area contributed by atoms with Gasteiger partial charge in [0.2, 0.25) is 22.4 Å². The maximum Gasteiger partial charge on any atom is 0.253 e. The van der Waals surface area contributed by atoms with Crippen molar-refractivity contribution in [1.82, 2.24) is 14.9 Å². The van der Waals surface area contributed by atoms with Crippen LogP contribution >= 0.6 is 23.2 Å². The van der Waals surface area contributed by atoms with Gasteiger partial charge in [-0.25, -0.2) is 26.0 Å². The smallest absolute Gasteiger partial charge is 0.253 e. The van der Waals surface area contributed by atoms with E-state index in [0.29, 0.717) is 35.7 Å². The summed E-state index contributed by atoms with van der Waals surface area (Å²) in [6.07, 6.45) is -1.14. The number of aliphatic imine (C=N–C) groups is 1. The molecule has 0 bridgehead atoms. The molecule has 224 valence electrons. The Morgan fingerprint density at radius 2 is 1.90 bits per heavy atom. The van der Waals surface area contributed by atoms with E-state index in [9.17, 15) is 30.8 Å². The summed E-state index contributed by atoms with van der Waals surface area (Å²) in [6, 6.07) is 3.96. The van der Waals surface area contributed by atoms with Crippen molar-refractivity contribution in [2.45, 2.75) is 82.8 Å². The molecule has 2 fully saturated rings. The van der Waals surface area contributed by atoms with Crippen molar-refractivity contribution >= 4 is 45.0 Å². The number of carbonyl (C=O) groups is 1. The first-order chi connectivity index (χ1) is 18.5. The van der Waals surface area contributed by atoms with Gasteiger partial charge in [-0.15, -0.1) is 0 Å². The van der Waals surface area contributed by atoms with Crippen LogP contribution in [0.5, 0.6) is 0 Å². The molecule has 1 aliphatic heterocycles. The van der Waals surface area contributed by atoms with Gasteiger partial charge in [0, 0.05) is 43.8 Å². The van der Waals surface area contributed by atoms with E-state index in [4.69, 9.17) is 28.2 Å². The van der Waals surface area contributed by atoms with Crippen LogP contribution in [0.4, 0.5) is 17.6 Å². The molecule has 0 radical (unpaired) electrons. The third kappa shape index (κ3) is 7.04. The largest absolute Gasteiger partial charge is 0.360 e. The van der Waals surface area contributed by atoms with Crippen molar-refractivity contribution in [2.24, 2.45) is 16.3 Å². The number of amidine groups is 1. The highest BCUT2D eigenvalue weighted by Crippen LogP contribution is 2.49. The van der Waals surface area contributed by atoms with Crippen LogP contribution in [0.25, 0.3) is 0 Å². The van der Waals surface area contributed by atoms with Gasteiger partial charge in [-0.1, -0.05) is 35.7 Å². The van der Waals surface area contributed by atoms with Crippen LogP contribution in [-0.4, -0.2) is 67.2 Å². The number of sulfonamides is 1. The summed E-state index contributed by atoms with van der Waals surface area (Å²) in [5.74, 6) is -4.12. The first-order valence-corrected chi connectivity index (χ1v) is 15.6. The molecule has 0 spiro atoms. The normalized spacial score (nSPS) is 24.4. The Morgan fingerprint density at radius 3 is 2.45 bits per heavy atom. The molecule has 1 aromatic rings. The van der Waals surface area contributed by atoms with Crippen molar-refractivity contribution < 1.29 is 30.8 Å². The molecule has 14 heteroatoms. The first kappa shape index (κ1) is 31.3. The summed E-state index contributed by atoms with van der Waals surface area (Å²) in [4.78, 5) is 17.7. The number of rotatable bonds is 13. The molecule has 1 heterocycles. The Balaban J connectivity index is 1.47. The van der Waals surface area contributed by atoms with E-state index in [1.807, 2.05) is 0 Å². The minimum Gasteiger partial charge on any atom is -0.360 e. The molecule has 0 aromatic heterocycles. The topological polar surface area (TPSA) is 90.9 Å². The highest BCUT2D eigenvalue weighted by atomic mass is 35.5. The summed E-state index contributed by atoms with van der Waals surface area (Å²) in [6.45, 7) is 3.42. The molecule has 2 atom stereocenters. The molecule has 7 nitrogen and oxygen atoms in total. The second kappa shape index (κ2) is 11.6. The van der Waals surface area contributed by atoms with Crippen molar-refractivity contribution in [3.05, 3.63) is 33.8 Å². The van der Waals surface area contributed by atoms with Gasteiger partial charge in [0.25, 0.3) is 5.92 Å². The zero-order valence-corrected chi connectivity index (χ0v) is 24.7. The number of amides is 1. The molecule has 0 saturated heterocycles. The Morgan fingerprint density at radius 1 is 1.23 bits per heavy atom. The maximum atomic E-state index is 13.3. The van der Waals surface area contributed by atoms with Crippen LogP contribution in [0.2, 0.25) is 10.0 Å². The van der Waals surface area contributed by atoms with Crippen LogP contribution in [-0.2, 0) is 21.4 Å². The van der Waals surface area contributed by atoms with E-state index in [1.54, 1.807) is 32.0 Å². The summed E-state index contributed by atoms with van der Waals surface area (Å²) < 4.78 is 79.8. The van der Waals surface area contributed by atoms with Gasteiger partial charge in [-0.2, -0.15) is 4.31 Å². The second-order valence-corrected chi connectivity index (χ2v) is 14.5. The van der Waals surface area contributed by atoms with Crippen molar-refractivity contribution in [3.63, 3.8) is 0 Å². The first-order valence-electron chi connectivity index (χ1n) is 13.3. The fourth-order valence-corrected chi connectivity index (χ4v) is 7.02. The molecule has 2 aliphatic carbocycles. The molecule has 3 aliphatic rings. The fourth-order valence-electron chi connectivity index (χ4n) is 5.25. The highest BCUT2D eigenvalue weighted by Gasteiger charge is 2.57. The van der Waals surface area contributed by atoms with Crippen LogP contribution in [0.15, 0.2) is 23.2 Å². The van der Waals surface area contributed by atoms with Gasteiger partial charge >= 0.3 is 0 Å². The summed E-state index contributed by atoms with van der Waals surface area (Å²) >= 11 is 12.1. The van der Waals surface area contributed by atoms with Crippen LogP contribution in [0.3, 0.4) is 0 Å². The van der Waals surface area contributed by atoms with E-state index in [2.05, 4.69) is 10.6 Å². The number of alkyl halides is 4. The number of hydrogen-bond donors (Lipinski definition) is 2. The maximum absolute atomic E-state index is 13.3. The van der Waals surface area contributed by atoms with Crippen molar-refractivity contribution in [1.29, 1.82) is 0 Å². The third-order valence-electron chi connectivity index (χ3n) is 8.11. The Bertz CT molecular complexity index is 1260. The molecule has 1 amide bonds. The molecule has 0 unspecified atom stereocenters. The summed E-state index contributed by atoms with van der Waals surface area (Å²) in [5.41, 5.74) is -0.811. The molecule has 4 rings (SSSR count). The lowest BCUT2D eigenvalue weighted by molar-refractivity contribution is -0.123. The lowest BCUT2D eigenvalue weighted by Crippen LogP contribution is -2.55. The highest BCUT2D eigenvalue weighted by molar-refractivity contribution is 7.89. The lowest BCUT2D eigenvalue weighted by Gasteiger charge is -2.43. The van der Waals surface area contributed by atoms with Crippen LogP contribution < -0.4 is 10.6 Å². The molecule has 2 N–H and O–H groups in total. The van der Waals surface area contributed by atoms with Crippen molar-refractivity contribution in [2.75, 3.05) is 18.8 Å². The number of nitrogens with one attached hydrogen (secondary N) is 2. The average Bonchev–Trinajstić information content (AvgIpc) is 3.31. The van der Waals surface area contributed by atoms with E-state index in [1.165, 1.54) is 4.31 Å². The Hall–Kier alpha value is -1.63. The predicted octanol–water partition coefficient (Wildman–Crippen LogP) is 5.26. The SMILES string of the molecule is CC1(C)N=C(C2(CCN(Cc3ccc(Cl)c(Cl)c3)S(=O)(=O)CCC(F)F)CCC2)N[C@H]1C(=O)NC[C@H]1CC1(F)F. The van der Waals surface area contributed by atoms with Gasteiger partial charge in [0.1, 0.15) is 11.9 Å². The van der Waals surface area contributed by atoms with Gasteiger partial charge in [-0.3, -0.25) is 9.79 Å². The average molecular weight is 630 g/mol. The number of carbonyl (C=O) groups excluding carboxylic acids is 1. The third-order valence-corrected chi connectivity index (χ3v) is 10.7. The molecular formula is C26H34Cl2F4N4O3S. The van der Waals surface area contributed by atoms with Crippen molar-refractivity contribution in [3.8, 4) is 0 Å². The predicted molar refractivity (Wildman–Crippen MR) is 147 cm³/mol. The van der Waals surface area contributed by atoms with E-state index in [-0.39, 0.29) is 31.1 Å². The minimum atomic E-state index is -4.04. The molecule has 1 aromatic carbocycles. The summed E-state index contributed by atoms with van der Waals surface area (Å²) in [5, 5.41) is 6.38. The quantitative estimate of drug-likeness (QED) is 0.292. The number of benzene rings is 1. The molecule has 40 heavy (non-hydrogen) atoms. The fraction of sp³-hybridized carbons (Fsp3) is 0.692. The summed E-state index contributed by atoms with van der Waals surface area (Å²) in [7, 11) is -4.04. The standard InChI is InChI=1S/C26H34Cl2F4N4O3S/c1-24(2)21(22(37)33-14-17-13-26(17,31)32)34-23(35-24)25(7-3-8-25)9-10-36(40(38,39)11-6-20(29)30)15-16-4-5-18(27)19(28)12-16/h4-5,12,17,20-21H,3,6-11,13-15H2,1-2H3,(H,33,37)(H,34,35)/t17-,21+/m1/s1. The zero-order valence-electron chi connectivity index (χ0n) is 22.3. The zero-order chi connectivity index (χ0) is 29.5. The monoisotopic (exact) mass is 628 g/mol. The number of nitrogens with zero attached hydrogens (tertiary/aromatic N) is 2. The Labute approximate surface area is 242 Å². The van der Waals surface area contributed by atoms with E-state index in [0.717, 1.165) is 6.42 Å². The van der Waals surface area contributed by atoms with Crippen LogP contribution in [0.1, 0.15) is 57.9 Å². The molecular weight excluding hydrogens is 595 g/mol. The van der Waals surface area contributed by atoms with Gasteiger partial charge in [0.05, 0.1) is 21.3 Å². The number of hydrogen-bond acceptors (Lipinski definition) is 5. The lowest BCUT2D eigenvalue weighted by atomic mass is 9.65. The van der Waals surface area contributed by atoms with E-state index < -0.39 is 63.4 Å². The second-order valence-electron chi connectivity index (χ2n) is 11.6. The van der Waals surface area contributed by atoms with E-state index >= 15 is 0 Å². The number of halogens is 6. The van der Waals surface area contributed by atoms with Gasteiger partial charge < -0.3 is 10.6 Å². The van der Waals surface area contributed by atoms with Gasteiger partial charge in [-0.05, 0) is 50.8 Å². The molecule has 2 saturated carbocycles.